The zero-order valence-electron chi connectivity index (χ0n) is 9.75. The molecule has 0 saturated heterocycles. The van der Waals surface area contributed by atoms with Crippen LogP contribution in [0.2, 0.25) is 0 Å². The number of anilines is 1. The summed E-state index contributed by atoms with van der Waals surface area (Å²) in [5.41, 5.74) is 1.17. The van der Waals surface area contributed by atoms with E-state index in [4.69, 9.17) is 0 Å². The molecule has 5 heteroatoms. The Kier molecular flexibility index (Phi) is 4.66. The van der Waals surface area contributed by atoms with E-state index in [-0.39, 0.29) is 12.6 Å². The summed E-state index contributed by atoms with van der Waals surface area (Å²) < 4.78 is 0.830. The first-order valence-electron chi connectivity index (χ1n) is 5.67. The van der Waals surface area contributed by atoms with Crippen LogP contribution in [0.4, 0.5) is 5.95 Å². The van der Waals surface area contributed by atoms with Crippen LogP contribution >= 0.6 is 15.9 Å². The zero-order chi connectivity index (χ0) is 12.8. The molecular formula is C13H14BrN3O. The number of aliphatic hydroxyl groups excluding tert-OH is 1. The van der Waals surface area contributed by atoms with Crippen LogP contribution in [0, 0.1) is 0 Å². The Morgan fingerprint density at radius 3 is 2.44 bits per heavy atom. The molecule has 0 aliphatic carbocycles. The first-order chi connectivity index (χ1) is 8.78. The lowest BCUT2D eigenvalue weighted by atomic mass is 10.1. The predicted molar refractivity (Wildman–Crippen MR) is 74.4 cm³/mol. The van der Waals surface area contributed by atoms with Crippen molar-refractivity contribution in [3.8, 4) is 0 Å². The van der Waals surface area contributed by atoms with E-state index in [0.29, 0.717) is 5.95 Å². The monoisotopic (exact) mass is 307 g/mol. The van der Waals surface area contributed by atoms with Crippen molar-refractivity contribution in [2.75, 3.05) is 11.9 Å². The Hall–Kier alpha value is -1.46. The predicted octanol–water partition coefficient (Wildman–Crippen LogP) is 2.25. The molecular weight excluding hydrogens is 294 g/mol. The third-order valence-electron chi connectivity index (χ3n) is 2.50. The van der Waals surface area contributed by atoms with Crippen LogP contribution in [0.15, 0.2) is 47.2 Å². The number of rotatable bonds is 5. The highest BCUT2D eigenvalue weighted by Gasteiger charge is 2.09. The van der Waals surface area contributed by atoms with Gasteiger partial charge in [0.1, 0.15) is 0 Å². The second-order valence-electron chi connectivity index (χ2n) is 3.94. The molecule has 0 saturated carbocycles. The number of halogens is 1. The van der Waals surface area contributed by atoms with Gasteiger partial charge in [-0.05, 0) is 27.9 Å². The van der Waals surface area contributed by atoms with E-state index in [2.05, 4.69) is 31.2 Å². The summed E-state index contributed by atoms with van der Waals surface area (Å²) in [7, 11) is 0. The molecule has 0 bridgehead atoms. The van der Waals surface area contributed by atoms with Gasteiger partial charge in [0, 0.05) is 12.4 Å². The number of benzene rings is 1. The van der Waals surface area contributed by atoms with Gasteiger partial charge in [0.05, 0.1) is 17.1 Å². The van der Waals surface area contributed by atoms with Crippen molar-refractivity contribution < 1.29 is 5.11 Å². The maximum absolute atomic E-state index is 9.38. The maximum Gasteiger partial charge on any atom is 0.222 e. The number of aromatic nitrogens is 2. The molecule has 1 heterocycles. The molecule has 2 N–H and O–H groups in total. The molecule has 0 aliphatic rings. The summed E-state index contributed by atoms with van der Waals surface area (Å²) in [5, 5.41) is 12.5. The van der Waals surface area contributed by atoms with Crippen LogP contribution in [-0.4, -0.2) is 27.7 Å². The molecule has 2 rings (SSSR count). The van der Waals surface area contributed by atoms with Gasteiger partial charge in [-0.25, -0.2) is 9.97 Å². The third-order valence-corrected chi connectivity index (χ3v) is 2.91. The average molecular weight is 308 g/mol. The summed E-state index contributed by atoms with van der Waals surface area (Å²) >= 11 is 3.28. The molecule has 2 aromatic rings. The summed E-state index contributed by atoms with van der Waals surface area (Å²) in [6, 6.07) is 9.93. The lowest BCUT2D eigenvalue weighted by molar-refractivity contribution is 0.273. The highest BCUT2D eigenvalue weighted by molar-refractivity contribution is 9.10. The van der Waals surface area contributed by atoms with Gasteiger partial charge >= 0.3 is 0 Å². The summed E-state index contributed by atoms with van der Waals surface area (Å²) in [5.74, 6) is 0.521. The Morgan fingerprint density at radius 2 is 1.83 bits per heavy atom. The molecule has 18 heavy (non-hydrogen) atoms. The van der Waals surface area contributed by atoms with Crippen molar-refractivity contribution in [2.45, 2.75) is 12.5 Å². The molecule has 1 aromatic carbocycles. The fourth-order valence-electron chi connectivity index (χ4n) is 1.63. The quantitative estimate of drug-likeness (QED) is 0.889. The molecule has 0 fully saturated rings. The van der Waals surface area contributed by atoms with Crippen molar-refractivity contribution in [3.05, 3.63) is 52.8 Å². The number of nitrogens with one attached hydrogen (secondary N) is 1. The van der Waals surface area contributed by atoms with Crippen LogP contribution in [0.25, 0.3) is 0 Å². The van der Waals surface area contributed by atoms with Gasteiger partial charge in [-0.2, -0.15) is 0 Å². The first kappa shape index (κ1) is 13.0. The minimum Gasteiger partial charge on any atom is -0.394 e. The molecule has 0 amide bonds. The van der Waals surface area contributed by atoms with Crippen LogP contribution in [0.3, 0.4) is 0 Å². The van der Waals surface area contributed by atoms with Crippen molar-refractivity contribution in [1.29, 1.82) is 0 Å². The highest BCUT2D eigenvalue weighted by Crippen LogP contribution is 2.10. The van der Waals surface area contributed by atoms with E-state index in [9.17, 15) is 5.11 Å². The smallest absolute Gasteiger partial charge is 0.222 e. The van der Waals surface area contributed by atoms with Crippen molar-refractivity contribution in [1.82, 2.24) is 9.97 Å². The lowest BCUT2D eigenvalue weighted by Gasteiger charge is -2.16. The average Bonchev–Trinajstić information content (AvgIpc) is 2.41. The third kappa shape index (κ3) is 3.78. The highest BCUT2D eigenvalue weighted by atomic mass is 79.9. The van der Waals surface area contributed by atoms with Crippen LogP contribution in [0.5, 0.6) is 0 Å². The second kappa shape index (κ2) is 6.47. The topological polar surface area (TPSA) is 58.0 Å². The van der Waals surface area contributed by atoms with Gasteiger partial charge in [0.2, 0.25) is 5.95 Å². The second-order valence-corrected chi connectivity index (χ2v) is 4.85. The van der Waals surface area contributed by atoms with E-state index in [1.165, 1.54) is 5.56 Å². The number of hydrogen-bond acceptors (Lipinski definition) is 4. The van der Waals surface area contributed by atoms with Gasteiger partial charge in [-0.15, -0.1) is 0 Å². The summed E-state index contributed by atoms with van der Waals surface area (Å²) in [6.07, 6.45) is 4.08. The fraction of sp³-hybridized carbons (Fsp3) is 0.231. The molecule has 0 unspecified atom stereocenters. The molecule has 94 valence electrons. The fourth-order valence-corrected chi connectivity index (χ4v) is 1.83. The zero-order valence-corrected chi connectivity index (χ0v) is 11.3. The normalized spacial score (nSPS) is 12.1. The van der Waals surface area contributed by atoms with Crippen molar-refractivity contribution in [3.63, 3.8) is 0 Å². The van der Waals surface area contributed by atoms with Crippen LogP contribution in [0.1, 0.15) is 5.56 Å². The van der Waals surface area contributed by atoms with E-state index >= 15 is 0 Å². The van der Waals surface area contributed by atoms with E-state index < -0.39 is 0 Å². The van der Waals surface area contributed by atoms with Gasteiger partial charge < -0.3 is 10.4 Å². The standard InChI is InChI=1S/C13H14BrN3O/c14-11-7-15-13(16-8-11)17-12(9-18)6-10-4-2-1-3-5-10/h1-5,7-8,12,18H,6,9H2,(H,15,16,17)/t12-/m1/s1. The molecule has 1 atom stereocenters. The van der Waals surface area contributed by atoms with Gasteiger partial charge in [-0.1, -0.05) is 30.3 Å². The molecule has 1 aromatic heterocycles. The molecule has 0 radical (unpaired) electrons. The van der Waals surface area contributed by atoms with Crippen molar-refractivity contribution in [2.24, 2.45) is 0 Å². The van der Waals surface area contributed by atoms with Gasteiger partial charge in [0.25, 0.3) is 0 Å². The summed E-state index contributed by atoms with van der Waals surface area (Å²) in [6.45, 7) is 0.0360. The number of nitrogens with zero attached hydrogens (tertiary/aromatic N) is 2. The number of hydrogen-bond donors (Lipinski definition) is 2. The van der Waals surface area contributed by atoms with Gasteiger partial charge in [0.15, 0.2) is 0 Å². The van der Waals surface area contributed by atoms with E-state index in [0.717, 1.165) is 10.9 Å². The Balaban J connectivity index is 1.99. The van der Waals surface area contributed by atoms with Gasteiger partial charge in [-0.3, -0.25) is 0 Å². The van der Waals surface area contributed by atoms with Crippen molar-refractivity contribution >= 4 is 21.9 Å². The largest absolute Gasteiger partial charge is 0.394 e. The molecule has 0 spiro atoms. The van der Waals surface area contributed by atoms with E-state index in [1.807, 2.05) is 30.3 Å². The van der Waals surface area contributed by atoms with Crippen LogP contribution < -0.4 is 5.32 Å². The van der Waals surface area contributed by atoms with Crippen LogP contribution in [-0.2, 0) is 6.42 Å². The first-order valence-corrected chi connectivity index (χ1v) is 6.46. The minimum absolute atomic E-state index is 0.0360. The Labute approximate surface area is 114 Å². The minimum atomic E-state index is -0.0893. The lowest BCUT2D eigenvalue weighted by Crippen LogP contribution is -2.27. The molecule has 0 aliphatic heterocycles. The maximum atomic E-state index is 9.38. The Bertz CT molecular complexity index is 475. The molecule has 4 nitrogen and oxygen atoms in total. The summed E-state index contributed by atoms with van der Waals surface area (Å²) in [4.78, 5) is 8.25. The number of aliphatic hydroxyl groups is 1. The SMILES string of the molecule is OC[C@@H](Cc1ccccc1)Nc1ncc(Br)cn1. The van der Waals surface area contributed by atoms with E-state index in [1.54, 1.807) is 12.4 Å². The Morgan fingerprint density at radius 1 is 1.17 bits per heavy atom.